The molecule has 1 fully saturated rings. The number of aromatic nitrogens is 2. The van der Waals surface area contributed by atoms with E-state index in [0.29, 0.717) is 19.0 Å². The molecule has 0 atom stereocenters. The molecule has 2 rings (SSSR count). The Labute approximate surface area is 88.1 Å². The average molecular weight is 211 g/mol. The van der Waals surface area contributed by atoms with Crippen LogP contribution in [0.1, 0.15) is 13.8 Å². The van der Waals surface area contributed by atoms with Crippen molar-refractivity contribution in [1.82, 2.24) is 9.97 Å². The molecule has 82 valence electrons. The Balaban J connectivity index is 2.17. The Hall–Kier alpha value is -1.23. The Bertz CT molecular complexity index is 356. The standard InChI is InChI=1S/C10H14FN3O/c1-10(2)6-14(3-4-15-10)9-5-8(11)12-7-13-9/h5,7H,3-4,6H2,1-2H3. The normalized spacial score (nSPS) is 20.3. The molecular weight excluding hydrogens is 197 g/mol. The first-order valence-corrected chi connectivity index (χ1v) is 4.93. The van der Waals surface area contributed by atoms with E-state index in [-0.39, 0.29) is 5.60 Å². The van der Waals surface area contributed by atoms with Crippen LogP contribution in [-0.4, -0.2) is 35.3 Å². The second-order valence-corrected chi connectivity index (χ2v) is 4.23. The lowest BCUT2D eigenvalue weighted by molar-refractivity contribution is -0.0279. The number of nitrogens with zero attached hydrogens (tertiary/aromatic N) is 3. The molecule has 0 unspecified atom stereocenters. The second kappa shape index (κ2) is 3.73. The maximum Gasteiger partial charge on any atom is 0.218 e. The highest BCUT2D eigenvalue weighted by atomic mass is 19.1. The molecule has 1 aliphatic rings. The third-order valence-electron chi connectivity index (χ3n) is 2.37. The highest BCUT2D eigenvalue weighted by Crippen LogP contribution is 2.21. The Morgan fingerprint density at radius 3 is 2.93 bits per heavy atom. The number of morpholine rings is 1. The van der Waals surface area contributed by atoms with Crippen molar-refractivity contribution in [2.45, 2.75) is 19.4 Å². The Morgan fingerprint density at radius 1 is 1.47 bits per heavy atom. The van der Waals surface area contributed by atoms with E-state index >= 15 is 0 Å². The second-order valence-electron chi connectivity index (χ2n) is 4.23. The smallest absolute Gasteiger partial charge is 0.218 e. The number of rotatable bonds is 1. The SMILES string of the molecule is CC1(C)CN(c2cc(F)ncn2)CCO1. The lowest BCUT2D eigenvalue weighted by Crippen LogP contribution is -2.48. The predicted molar refractivity (Wildman–Crippen MR) is 54.2 cm³/mol. The molecule has 1 aromatic heterocycles. The molecule has 0 aliphatic carbocycles. The van der Waals surface area contributed by atoms with Crippen molar-refractivity contribution in [1.29, 1.82) is 0 Å². The number of hydrogen-bond acceptors (Lipinski definition) is 4. The van der Waals surface area contributed by atoms with E-state index in [0.717, 1.165) is 6.54 Å². The van der Waals surface area contributed by atoms with E-state index in [1.54, 1.807) is 0 Å². The van der Waals surface area contributed by atoms with Crippen LogP contribution in [0.15, 0.2) is 12.4 Å². The molecular formula is C10H14FN3O. The fraction of sp³-hybridized carbons (Fsp3) is 0.600. The molecule has 0 bridgehead atoms. The fourth-order valence-electron chi connectivity index (χ4n) is 1.71. The van der Waals surface area contributed by atoms with Crippen molar-refractivity contribution >= 4 is 5.82 Å². The van der Waals surface area contributed by atoms with Gasteiger partial charge in [0.05, 0.1) is 12.2 Å². The summed E-state index contributed by atoms with van der Waals surface area (Å²) in [5, 5.41) is 0. The van der Waals surface area contributed by atoms with E-state index in [2.05, 4.69) is 9.97 Å². The van der Waals surface area contributed by atoms with Crippen LogP contribution in [0.3, 0.4) is 0 Å². The van der Waals surface area contributed by atoms with Crippen molar-refractivity contribution in [2.75, 3.05) is 24.6 Å². The van der Waals surface area contributed by atoms with E-state index in [4.69, 9.17) is 4.74 Å². The predicted octanol–water partition coefficient (Wildman–Crippen LogP) is 1.23. The van der Waals surface area contributed by atoms with E-state index in [9.17, 15) is 4.39 Å². The number of anilines is 1. The van der Waals surface area contributed by atoms with Crippen LogP contribution in [0.25, 0.3) is 0 Å². The molecule has 1 aromatic rings. The maximum absolute atomic E-state index is 12.9. The molecule has 2 heterocycles. The van der Waals surface area contributed by atoms with Crippen LogP contribution in [0.4, 0.5) is 10.2 Å². The third kappa shape index (κ3) is 2.41. The van der Waals surface area contributed by atoms with Gasteiger partial charge in [-0.3, -0.25) is 0 Å². The molecule has 0 amide bonds. The summed E-state index contributed by atoms with van der Waals surface area (Å²) in [7, 11) is 0. The van der Waals surface area contributed by atoms with Crippen LogP contribution >= 0.6 is 0 Å². The largest absolute Gasteiger partial charge is 0.372 e. The van der Waals surface area contributed by atoms with E-state index < -0.39 is 5.95 Å². The van der Waals surface area contributed by atoms with Gasteiger partial charge in [-0.05, 0) is 13.8 Å². The molecule has 0 saturated carbocycles. The summed E-state index contributed by atoms with van der Waals surface area (Å²) >= 11 is 0. The fourth-order valence-corrected chi connectivity index (χ4v) is 1.71. The van der Waals surface area contributed by atoms with Crippen molar-refractivity contribution in [3.63, 3.8) is 0 Å². The van der Waals surface area contributed by atoms with Crippen molar-refractivity contribution in [3.8, 4) is 0 Å². The van der Waals surface area contributed by atoms with Gasteiger partial charge in [0.25, 0.3) is 0 Å². The topological polar surface area (TPSA) is 38.2 Å². The molecule has 15 heavy (non-hydrogen) atoms. The number of ether oxygens (including phenoxy) is 1. The quantitative estimate of drug-likeness (QED) is 0.655. The van der Waals surface area contributed by atoms with Gasteiger partial charge in [0.1, 0.15) is 12.1 Å². The summed E-state index contributed by atoms with van der Waals surface area (Å²) in [6, 6.07) is 1.35. The van der Waals surface area contributed by atoms with Gasteiger partial charge in [-0.25, -0.2) is 9.97 Å². The first kappa shape index (κ1) is 10.3. The zero-order chi connectivity index (χ0) is 10.9. The van der Waals surface area contributed by atoms with Gasteiger partial charge in [-0.1, -0.05) is 0 Å². The zero-order valence-corrected chi connectivity index (χ0v) is 8.90. The maximum atomic E-state index is 12.9. The van der Waals surface area contributed by atoms with Crippen LogP contribution in [-0.2, 0) is 4.74 Å². The highest BCUT2D eigenvalue weighted by Gasteiger charge is 2.27. The molecule has 0 aromatic carbocycles. The van der Waals surface area contributed by atoms with Crippen LogP contribution in [0, 0.1) is 5.95 Å². The highest BCUT2D eigenvalue weighted by molar-refractivity contribution is 5.37. The van der Waals surface area contributed by atoms with Crippen LogP contribution < -0.4 is 4.90 Å². The molecule has 0 spiro atoms. The summed E-state index contributed by atoms with van der Waals surface area (Å²) in [6.07, 6.45) is 1.24. The van der Waals surface area contributed by atoms with E-state index in [1.807, 2.05) is 18.7 Å². The van der Waals surface area contributed by atoms with Gasteiger partial charge < -0.3 is 9.64 Å². The molecule has 4 nitrogen and oxygen atoms in total. The third-order valence-corrected chi connectivity index (χ3v) is 2.37. The first-order chi connectivity index (χ1) is 7.07. The molecule has 5 heteroatoms. The average Bonchev–Trinajstić information content (AvgIpc) is 2.16. The van der Waals surface area contributed by atoms with Crippen LogP contribution in [0.2, 0.25) is 0 Å². The molecule has 1 aliphatic heterocycles. The minimum absolute atomic E-state index is 0.209. The minimum atomic E-state index is -0.496. The van der Waals surface area contributed by atoms with E-state index in [1.165, 1.54) is 12.4 Å². The van der Waals surface area contributed by atoms with Crippen molar-refractivity contribution in [3.05, 3.63) is 18.3 Å². The molecule has 1 saturated heterocycles. The summed E-state index contributed by atoms with van der Waals surface area (Å²) < 4.78 is 18.5. The lowest BCUT2D eigenvalue weighted by atomic mass is 10.1. The van der Waals surface area contributed by atoms with Gasteiger partial charge in [0, 0.05) is 19.2 Å². The Kier molecular flexibility index (Phi) is 2.56. The van der Waals surface area contributed by atoms with Crippen molar-refractivity contribution in [2.24, 2.45) is 0 Å². The van der Waals surface area contributed by atoms with Gasteiger partial charge in [0.15, 0.2) is 0 Å². The summed E-state index contributed by atoms with van der Waals surface area (Å²) in [4.78, 5) is 9.49. The van der Waals surface area contributed by atoms with Gasteiger partial charge in [0.2, 0.25) is 5.95 Å². The van der Waals surface area contributed by atoms with Gasteiger partial charge in [-0.2, -0.15) is 4.39 Å². The van der Waals surface area contributed by atoms with Crippen molar-refractivity contribution < 1.29 is 9.13 Å². The van der Waals surface area contributed by atoms with Gasteiger partial charge >= 0.3 is 0 Å². The first-order valence-electron chi connectivity index (χ1n) is 4.93. The molecule has 0 radical (unpaired) electrons. The van der Waals surface area contributed by atoms with Gasteiger partial charge in [-0.15, -0.1) is 0 Å². The zero-order valence-electron chi connectivity index (χ0n) is 8.90. The van der Waals surface area contributed by atoms with Crippen LogP contribution in [0.5, 0.6) is 0 Å². The lowest BCUT2D eigenvalue weighted by Gasteiger charge is -2.38. The number of halogens is 1. The summed E-state index contributed by atoms with van der Waals surface area (Å²) in [5.41, 5.74) is -0.209. The summed E-state index contributed by atoms with van der Waals surface area (Å²) in [5.74, 6) is 0.128. The minimum Gasteiger partial charge on any atom is -0.372 e. The molecule has 0 N–H and O–H groups in total. The number of hydrogen-bond donors (Lipinski definition) is 0. The summed E-state index contributed by atoms with van der Waals surface area (Å²) in [6.45, 7) is 6.11. The monoisotopic (exact) mass is 211 g/mol. The Morgan fingerprint density at radius 2 is 2.27 bits per heavy atom.